The number of carbonyl (C=O) groups is 2. The zero-order valence-electron chi connectivity index (χ0n) is 16.8. The fraction of sp³-hybridized carbons (Fsp3) is 0.333. The van der Waals surface area contributed by atoms with Crippen molar-refractivity contribution in [2.75, 3.05) is 25.0 Å². The van der Waals surface area contributed by atoms with Crippen LogP contribution in [0.3, 0.4) is 0 Å². The van der Waals surface area contributed by atoms with Crippen molar-refractivity contribution in [1.29, 1.82) is 0 Å². The van der Waals surface area contributed by atoms with E-state index in [1.807, 2.05) is 6.07 Å². The number of para-hydroxylation sites is 1. The van der Waals surface area contributed by atoms with E-state index in [2.05, 4.69) is 9.50 Å². The third kappa shape index (κ3) is 6.30. The fourth-order valence-corrected chi connectivity index (χ4v) is 4.23. The SMILES string of the molecule is O=C(Nc1ccccc1)C1CCN(C(=O)c2cccc(S(=O)(=O)OCC(F)(F)F)c2)CC1. The number of rotatable bonds is 6. The molecule has 0 bridgehead atoms. The lowest BCUT2D eigenvalue weighted by Crippen LogP contribution is -2.41. The van der Waals surface area contributed by atoms with E-state index in [1.54, 1.807) is 24.3 Å². The molecule has 0 aromatic heterocycles. The van der Waals surface area contributed by atoms with Crippen molar-refractivity contribution in [2.45, 2.75) is 23.9 Å². The number of carbonyl (C=O) groups excluding carboxylic acids is 2. The second kappa shape index (κ2) is 9.70. The van der Waals surface area contributed by atoms with Gasteiger partial charge in [0.15, 0.2) is 6.61 Å². The van der Waals surface area contributed by atoms with Crippen molar-refractivity contribution in [3.8, 4) is 0 Å². The highest BCUT2D eigenvalue weighted by Gasteiger charge is 2.32. The molecule has 0 spiro atoms. The number of nitrogens with one attached hydrogen (secondary N) is 1. The van der Waals surface area contributed by atoms with Gasteiger partial charge in [0.25, 0.3) is 16.0 Å². The van der Waals surface area contributed by atoms with Crippen molar-refractivity contribution in [3.63, 3.8) is 0 Å². The summed E-state index contributed by atoms with van der Waals surface area (Å²) in [6, 6.07) is 13.7. The summed E-state index contributed by atoms with van der Waals surface area (Å²) in [4.78, 5) is 26.1. The quantitative estimate of drug-likeness (QED) is 0.653. The molecule has 0 unspecified atom stereocenters. The number of anilines is 1. The predicted molar refractivity (Wildman–Crippen MR) is 109 cm³/mol. The largest absolute Gasteiger partial charge is 0.413 e. The highest BCUT2D eigenvalue weighted by atomic mass is 32.2. The lowest BCUT2D eigenvalue weighted by Gasteiger charge is -2.31. The molecule has 32 heavy (non-hydrogen) atoms. The van der Waals surface area contributed by atoms with Gasteiger partial charge < -0.3 is 10.2 Å². The summed E-state index contributed by atoms with van der Waals surface area (Å²) in [5.41, 5.74) is 0.690. The average molecular weight is 470 g/mol. The van der Waals surface area contributed by atoms with Gasteiger partial charge in [-0.1, -0.05) is 24.3 Å². The molecule has 11 heteroatoms. The first kappa shape index (κ1) is 23.7. The van der Waals surface area contributed by atoms with Crippen molar-refractivity contribution in [1.82, 2.24) is 4.90 Å². The van der Waals surface area contributed by atoms with Crippen LogP contribution in [-0.4, -0.2) is 51.0 Å². The summed E-state index contributed by atoms with van der Waals surface area (Å²) in [5.74, 6) is -0.889. The predicted octanol–water partition coefficient (Wildman–Crippen LogP) is 3.45. The molecule has 0 radical (unpaired) electrons. The smallest absolute Gasteiger partial charge is 0.339 e. The minimum Gasteiger partial charge on any atom is -0.339 e. The van der Waals surface area contributed by atoms with Crippen LogP contribution in [0.15, 0.2) is 59.5 Å². The molecule has 0 atom stereocenters. The first-order valence-electron chi connectivity index (χ1n) is 9.76. The molecule has 172 valence electrons. The van der Waals surface area contributed by atoms with Gasteiger partial charge in [0.1, 0.15) is 0 Å². The van der Waals surface area contributed by atoms with E-state index in [9.17, 15) is 31.2 Å². The molecule has 2 amide bonds. The van der Waals surface area contributed by atoms with Crippen LogP contribution >= 0.6 is 0 Å². The van der Waals surface area contributed by atoms with Crippen LogP contribution in [0.25, 0.3) is 0 Å². The van der Waals surface area contributed by atoms with Crippen molar-refractivity contribution in [3.05, 3.63) is 60.2 Å². The molecule has 0 saturated carbocycles. The number of likely N-dealkylation sites (tertiary alicyclic amines) is 1. The summed E-state index contributed by atoms with van der Waals surface area (Å²) >= 11 is 0. The summed E-state index contributed by atoms with van der Waals surface area (Å²) in [7, 11) is -4.67. The van der Waals surface area contributed by atoms with E-state index >= 15 is 0 Å². The van der Waals surface area contributed by atoms with Crippen molar-refractivity contribution >= 4 is 27.6 Å². The van der Waals surface area contributed by atoms with Crippen LogP contribution in [0.5, 0.6) is 0 Å². The lowest BCUT2D eigenvalue weighted by molar-refractivity contribution is -0.152. The Labute approximate surface area is 183 Å². The van der Waals surface area contributed by atoms with E-state index in [-0.39, 0.29) is 30.5 Å². The number of nitrogens with zero attached hydrogens (tertiary/aromatic N) is 1. The van der Waals surface area contributed by atoms with E-state index < -0.39 is 33.7 Å². The Morgan fingerprint density at radius 1 is 1.03 bits per heavy atom. The molecule has 1 heterocycles. The molecule has 7 nitrogen and oxygen atoms in total. The maximum atomic E-state index is 12.8. The molecule has 1 N–H and O–H groups in total. The van der Waals surface area contributed by atoms with Crippen LogP contribution in [-0.2, 0) is 19.1 Å². The lowest BCUT2D eigenvalue weighted by atomic mass is 9.95. The number of halogens is 3. The maximum Gasteiger partial charge on any atom is 0.413 e. The standard InChI is InChI=1S/C21H21F3N2O5S/c22-21(23,24)14-31-32(29,30)18-8-4-5-16(13-18)20(28)26-11-9-15(10-12-26)19(27)25-17-6-2-1-3-7-17/h1-8,13,15H,9-12,14H2,(H,25,27). The molecule has 1 fully saturated rings. The van der Waals surface area contributed by atoms with E-state index in [0.717, 1.165) is 12.1 Å². The zero-order valence-corrected chi connectivity index (χ0v) is 17.7. The minimum atomic E-state index is -4.81. The van der Waals surface area contributed by atoms with Gasteiger partial charge in [-0.15, -0.1) is 0 Å². The summed E-state index contributed by atoms with van der Waals surface area (Å²) in [6.45, 7) is -1.38. The number of hydrogen-bond donors (Lipinski definition) is 1. The molecule has 1 aliphatic rings. The Morgan fingerprint density at radius 2 is 1.69 bits per heavy atom. The highest BCUT2D eigenvalue weighted by molar-refractivity contribution is 7.86. The number of amides is 2. The number of alkyl halides is 3. The first-order chi connectivity index (χ1) is 15.0. The first-order valence-corrected chi connectivity index (χ1v) is 11.2. The van der Waals surface area contributed by atoms with Gasteiger partial charge in [0, 0.05) is 30.3 Å². The third-order valence-corrected chi connectivity index (χ3v) is 6.20. The van der Waals surface area contributed by atoms with E-state index in [1.165, 1.54) is 17.0 Å². The topological polar surface area (TPSA) is 92.8 Å². The summed E-state index contributed by atoms with van der Waals surface area (Å²) in [5, 5.41) is 2.83. The zero-order chi connectivity index (χ0) is 23.4. The molecular formula is C21H21F3N2O5S. The van der Waals surface area contributed by atoms with Crippen molar-refractivity contribution in [2.24, 2.45) is 5.92 Å². The van der Waals surface area contributed by atoms with Crippen LogP contribution in [0.1, 0.15) is 23.2 Å². The van der Waals surface area contributed by atoms with Crippen LogP contribution in [0.2, 0.25) is 0 Å². The second-order valence-corrected chi connectivity index (χ2v) is 8.90. The molecule has 0 aliphatic carbocycles. The van der Waals surface area contributed by atoms with Crippen molar-refractivity contribution < 1.29 is 35.4 Å². The van der Waals surface area contributed by atoms with E-state index in [0.29, 0.717) is 18.5 Å². The van der Waals surface area contributed by atoms with Gasteiger partial charge in [0.2, 0.25) is 5.91 Å². The maximum absolute atomic E-state index is 12.8. The normalized spacial score (nSPS) is 15.4. The third-order valence-electron chi connectivity index (χ3n) is 4.94. The number of hydrogen-bond acceptors (Lipinski definition) is 5. The van der Waals surface area contributed by atoms with Crippen LogP contribution in [0, 0.1) is 5.92 Å². The van der Waals surface area contributed by atoms with Gasteiger partial charge in [-0.25, -0.2) is 0 Å². The Kier molecular flexibility index (Phi) is 7.19. The fourth-order valence-electron chi connectivity index (χ4n) is 3.29. The Balaban J connectivity index is 1.60. The molecular weight excluding hydrogens is 449 g/mol. The average Bonchev–Trinajstić information content (AvgIpc) is 2.78. The van der Waals surface area contributed by atoms with Crippen LogP contribution in [0.4, 0.5) is 18.9 Å². The minimum absolute atomic E-state index is 0.00821. The van der Waals surface area contributed by atoms with Gasteiger partial charge in [-0.2, -0.15) is 21.6 Å². The molecule has 3 rings (SSSR count). The van der Waals surface area contributed by atoms with E-state index in [4.69, 9.17) is 0 Å². The summed E-state index contributed by atoms with van der Waals surface area (Å²) in [6.07, 6.45) is -3.95. The Morgan fingerprint density at radius 3 is 2.31 bits per heavy atom. The molecule has 1 saturated heterocycles. The number of piperidine rings is 1. The molecule has 2 aromatic rings. The van der Waals surface area contributed by atoms with Gasteiger partial charge in [0.05, 0.1) is 4.90 Å². The molecule has 1 aliphatic heterocycles. The highest BCUT2D eigenvalue weighted by Crippen LogP contribution is 2.23. The summed E-state index contributed by atoms with van der Waals surface area (Å²) < 4.78 is 64.9. The van der Waals surface area contributed by atoms with Crippen LogP contribution < -0.4 is 5.32 Å². The molecule has 2 aromatic carbocycles. The monoisotopic (exact) mass is 470 g/mol. The Hall–Kier alpha value is -2.92. The van der Waals surface area contributed by atoms with Gasteiger partial charge in [-0.05, 0) is 43.2 Å². The van der Waals surface area contributed by atoms with Gasteiger partial charge in [-0.3, -0.25) is 13.8 Å². The van der Waals surface area contributed by atoms with Gasteiger partial charge >= 0.3 is 6.18 Å². The second-order valence-electron chi connectivity index (χ2n) is 7.28. The number of benzene rings is 2. The Bertz CT molecular complexity index is 1070.